The number of nitrogens with one attached hydrogen (secondary N) is 2. The van der Waals surface area contributed by atoms with Crippen LogP contribution in [0.2, 0.25) is 0 Å². The Morgan fingerprint density at radius 1 is 1.09 bits per heavy atom. The number of primary amides is 1. The molecule has 22 heavy (non-hydrogen) atoms. The highest BCUT2D eigenvalue weighted by Gasteiger charge is 2.27. The van der Waals surface area contributed by atoms with Crippen LogP contribution in [-0.4, -0.2) is 64.4 Å². The maximum Gasteiger partial charge on any atom is 0.328 e. The van der Waals surface area contributed by atoms with E-state index in [0.717, 1.165) is 0 Å². The van der Waals surface area contributed by atoms with Crippen molar-refractivity contribution in [1.29, 1.82) is 0 Å². The minimum Gasteiger partial charge on any atom is -0.480 e. The fourth-order valence-corrected chi connectivity index (χ4v) is 1.54. The molecule has 0 saturated carbocycles. The van der Waals surface area contributed by atoms with Crippen LogP contribution < -0.4 is 22.1 Å². The second kappa shape index (κ2) is 9.97. The molecule has 0 radical (unpaired) electrons. The maximum atomic E-state index is 12.0. The molecule has 126 valence electrons. The summed E-state index contributed by atoms with van der Waals surface area (Å²) in [5.41, 5.74) is 10.4. The molecule has 0 bridgehead atoms. The average Bonchev–Trinajstić information content (AvgIpc) is 2.46. The van der Waals surface area contributed by atoms with E-state index in [1.807, 2.05) is 5.32 Å². The summed E-state index contributed by atoms with van der Waals surface area (Å²) in [7, 11) is 0. The van der Waals surface area contributed by atoms with Crippen molar-refractivity contribution >= 4 is 36.3 Å². The molecule has 10 nitrogen and oxygen atoms in total. The Morgan fingerprint density at radius 2 is 1.64 bits per heavy atom. The number of carbonyl (C=O) groups is 4. The molecule has 3 unspecified atom stereocenters. The molecule has 3 atom stereocenters. The van der Waals surface area contributed by atoms with Crippen LogP contribution in [0.1, 0.15) is 12.8 Å². The number of hydrogen-bond donors (Lipinski definition) is 7. The van der Waals surface area contributed by atoms with Crippen LogP contribution >= 0.6 is 12.6 Å². The van der Waals surface area contributed by atoms with Gasteiger partial charge in [0.1, 0.15) is 12.1 Å². The molecule has 0 rings (SSSR count). The molecule has 0 fully saturated rings. The van der Waals surface area contributed by atoms with Crippen LogP contribution in [-0.2, 0) is 19.2 Å². The van der Waals surface area contributed by atoms with E-state index >= 15 is 0 Å². The van der Waals surface area contributed by atoms with Gasteiger partial charge in [0.2, 0.25) is 17.7 Å². The molecule has 0 aliphatic carbocycles. The van der Waals surface area contributed by atoms with Gasteiger partial charge in [0.25, 0.3) is 0 Å². The molecule has 8 N–H and O–H groups in total. The zero-order chi connectivity index (χ0) is 17.3. The summed E-state index contributed by atoms with van der Waals surface area (Å²) in [6.07, 6.45) is -0.338. The van der Waals surface area contributed by atoms with Gasteiger partial charge in [0, 0.05) is 12.2 Å². The monoisotopic (exact) mass is 336 g/mol. The summed E-state index contributed by atoms with van der Waals surface area (Å²) in [6.45, 7) is -0.826. The van der Waals surface area contributed by atoms with Crippen LogP contribution in [0, 0.1) is 0 Å². The number of aliphatic hydroxyl groups is 1. The van der Waals surface area contributed by atoms with E-state index in [2.05, 4.69) is 17.9 Å². The van der Waals surface area contributed by atoms with E-state index < -0.39 is 48.4 Å². The zero-order valence-electron chi connectivity index (χ0n) is 11.7. The van der Waals surface area contributed by atoms with E-state index in [9.17, 15) is 19.2 Å². The van der Waals surface area contributed by atoms with Gasteiger partial charge in [-0.2, -0.15) is 12.6 Å². The molecule has 0 aromatic rings. The van der Waals surface area contributed by atoms with E-state index in [4.69, 9.17) is 21.7 Å². The first-order chi connectivity index (χ1) is 10.2. The Morgan fingerprint density at radius 3 is 2.05 bits per heavy atom. The Balaban J connectivity index is 4.89. The molecule has 0 aromatic heterocycles. The van der Waals surface area contributed by atoms with Crippen LogP contribution in [0.5, 0.6) is 0 Å². The lowest BCUT2D eigenvalue weighted by Gasteiger charge is -2.21. The van der Waals surface area contributed by atoms with Gasteiger partial charge in [-0.15, -0.1) is 0 Å². The maximum absolute atomic E-state index is 12.0. The van der Waals surface area contributed by atoms with Gasteiger partial charge >= 0.3 is 5.97 Å². The van der Waals surface area contributed by atoms with Crippen molar-refractivity contribution in [3.05, 3.63) is 0 Å². The van der Waals surface area contributed by atoms with Gasteiger partial charge < -0.3 is 32.3 Å². The molecule has 0 aliphatic heterocycles. The third kappa shape index (κ3) is 7.24. The standard InChI is InChI=1S/C11H20N4O6S/c12-5(4-22)9(18)14-6(1-2-8(13)17)10(19)15-7(3-16)11(20)21/h5-7,16,22H,1-4,12H2,(H2,13,17)(H,14,18)(H,15,19)(H,20,21). The molecule has 0 heterocycles. The Bertz CT molecular complexity index is 433. The predicted octanol–water partition coefficient (Wildman–Crippen LogP) is -3.44. The first kappa shape index (κ1) is 20.1. The Labute approximate surface area is 132 Å². The summed E-state index contributed by atoms with van der Waals surface area (Å²) in [5, 5.41) is 22.0. The van der Waals surface area contributed by atoms with Crippen LogP contribution in [0.25, 0.3) is 0 Å². The van der Waals surface area contributed by atoms with E-state index in [1.54, 1.807) is 0 Å². The highest BCUT2D eigenvalue weighted by Crippen LogP contribution is 2.00. The Kier molecular flexibility index (Phi) is 9.13. The van der Waals surface area contributed by atoms with Crippen LogP contribution in [0.3, 0.4) is 0 Å². The topological polar surface area (TPSA) is 185 Å². The van der Waals surface area contributed by atoms with Gasteiger partial charge in [-0.1, -0.05) is 0 Å². The fourth-order valence-electron chi connectivity index (χ4n) is 1.37. The van der Waals surface area contributed by atoms with Gasteiger partial charge in [0.05, 0.1) is 12.6 Å². The number of aliphatic hydroxyl groups excluding tert-OH is 1. The van der Waals surface area contributed by atoms with Crippen molar-refractivity contribution in [2.45, 2.75) is 31.0 Å². The summed E-state index contributed by atoms with van der Waals surface area (Å²) in [4.78, 5) is 45.2. The smallest absolute Gasteiger partial charge is 0.328 e. The quantitative estimate of drug-likeness (QED) is 0.202. The van der Waals surface area contributed by atoms with Gasteiger partial charge in [0.15, 0.2) is 0 Å². The van der Waals surface area contributed by atoms with Crippen molar-refractivity contribution in [3.8, 4) is 0 Å². The first-order valence-electron chi connectivity index (χ1n) is 6.32. The lowest BCUT2D eigenvalue weighted by molar-refractivity contribution is -0.143. The van der Waals surface area contributed by atoms with Crippen molar-refractivity contribution in [1.82, 2.24) is 10.6 Å². The summed E-state index contributed by atoms with van der Waals surface area (Å²) >= 11 is 3.84. The Hall–Kier alpha value is -1.85. The second-order valence-electron chi connectivity index (χ2n) is 4.44. The highest BCUT2D eigenvalue weighted by molar-refractivity contribution is 7.80. The lowest BCUT2D eigenvalue weighted by atomic mass is 10.1. The number of rotatable bonds is 10. The normalized spacial score (nSPS) is 14.5. The molecule has 3 amide bonds. The minimum absolute atomic E-state index is 0.0321. The number of carbonyl (C=O) groups excluding carboxylic acids is 3. The lowest BCUT2D eigenvalue weighted by Crippen LogP contribution is -2.55. The van der Waals surface area contributed by atoms with E-state index in [0.29, 0.717) is 0 Å². The summed E-state index contributed by atoms with van der Waals surface area (Å²) in [5.74, 6) is -3.66. The highest BCUT2D eigenvalue weighted by atomic mass is 32.1. The van der Waals surface area contributed by atoms with E-state index in [-0.39, 0.29) is 18.6 Å². The number of nitrogens with two attached hydrogens (primary N) is 2. The van der Waals surface area contributed by atoms with Crippen molar-refractivity contribution in [2.24, 2.45) is 11.5 Å². The van der Waals surface area contributed by atoms with Crippen molar-refractivity contribution in [3.63, 3.8) is 0 Å². The molecule has 11 heteroatoms. The summed E-state index contributed by atoms with van der Waals surface area (Å²) < 4.78 is 0. The predicted molar refractivity (Wildman–Crippen MR) is 78.8 cm³/mol. The van der Waals surface area contributed by atoms with Crippen LogP contribution in [0.4, 0.5) is 0 Å². The third-order valence-electron chi connectivity index (χ3n) is 2.64. The molecule has 0 spiro atoms. The second-order valence-corrected chi connectivity index (χ2v) is 4.80. The number of aliphatic carboxylic acids is 1. The zero-order valence-corrected chi connectivity index (χ0v) is 12.6. The first-order valence-corrected chi connectivity index (χ1v) is 6.95. The molecule has 0 saturated heterocycles. The number of hydrogen-bond acceptors (Lipinski definition) is 7. The molecular formula is C11H20N4O6S. The average molecular weight is 336 g/mol. The van der Waals surface area contributed by atoms with Crippen molar-refractivity contribution in [2.75, 3.05) is 12.4 Å². The number of carboxylic acids is 1. The van der Waals surface area contributed by atoms with Crippen molar-refractivity contribution < 1.29 is 29.4 Å². The minimum atomic E-state index is -1.53. The van der Waals surface area contributed by atoms with Crippen LogP contribution in [0.15, 0.2) is 0 Å². The van der Waals surface area contributed by atoms with Gasteiger partial charge in [-0.3, -0.25) is 14.4 Å². The summed E-state index contributed by atoms with van der Waals surface area (Å²) in [6, 6.07) is -3.71. The van der Waals surface area contributed by atoms with Gasteiger partial charge in [-0.05, 0) is 6.42 Å². The molecular weight excluding hydrogens is 316 g/mol. The molecule has 0 aromatic carbocycles. The van der Waals surface area contributed by atoms with E-state index in [1.165, 1.54) is 0 Å². The number of amides is 3. The largest absolute Gasteiger partial charge is 0.480 e. The molecule has 0 aliphatic rings. The SMILES string of the molecule is NC(=O)CCC(NC(=O)C(N)CS)C(=O)NC(CO)C(=O)O. The fraction of sp³-hybridized carbons (Fsp3) is 0.636. The third-order valence-corrected chi connectivity index (χ3v) is 3.04. The number of thiol groups is 1. The number of carboxylic acid groups (broad SMARTS) is 1. The van der Waals surface area contributed by atoms with Gasteiger partial charge in [-0.25, -0.2) is 4.79 Å².